The maximum absolute atomic E-state index is 5.48. The molecule has 68 valence electrons. The number of aromatic amines is 1. The van der Waals surface area contributed by atoms with E-state index in [-0.39, 0.29) is 0 Å². The van der Waals surface area contributed by atoms with Crippen molar-refractivity contribution in [3.63, 3.8) is 0 Å². The lowest BCUT2D eigenvalue weighted by molar-refractivity contribution is 0.345. The van der Waals surface area contributed by atoms with Crippen molar-refractivity contribution in [1.82, 2.24) is 4.98 Å². The summed E-state index contributed by atoms with van der Waals surface area (Å²) < 4.78 is 7.38. The third-order valence-corrected chi connectivity index (χ3v) is 2.97. The zero-order valence-electron chi connectivity index (χ0n) is 7.16. The second-order valence-electron chi connectivity index (χ2n) is 2.58. The molecule has 0 bridgehead atoms. The first-order valence-electron chi connectivity index (χ1n) is 4.06. The average molecular weight is 211 g/mol. The predicted molar refractivity (Wildman–Crippen MR) is 58.2 cm³/mol. The number of H-pyrrole nitrogens is 1. The maximum Gasteiger partial charge on any atom is 0.159 e. The molecule has 1 aromatic carbocycles. The van der Waals surface area contributed by atoms with Crippen LogP contribution < -0.4 is 4.74 Å². The first-order chi connectivity index (χ1) is 6.31. The molecule has 0 atom stereocenters. The fourth-order valence-corrected chi connectivity index (χ4v) is 2.38. The van der Waals surface area contributed by atoms with Gasteiger partial charge in [-0.3, -0.25) is 0 Å². The molecule has 2 nitrogen and oxygen atoms in total. The summed E-state index contributed by atoms with van der Waals surface area (Å²) in [7, 11) is 0. The summed E-state index contributed by atoms with van der Waals surface area (Å²) in [6, 6.07) is 5.93. The molecule has 0 aliphatic rings. The number of nitrogens with one attached hydrogen (secondary N) is 1. The maximum atomic E-state index is 5.48. The van der Waals surface area contributed by atoms with Crippen LogP contribution in [0, 0.1) is 3.95 Å². The Morgan fingerprint density at radius 3 is 3.15 bits per heavy atom. The molecule has 0 fully saturated rings. The summed E-state index contributed by atoms with van der Waals surface area (Å²) in [6.07, 6.45) is 0. The SMILES string of the molecule is CCOc1cccc2[nH]c(=S)sc12. The van der Waals surface area contributed by atoms with Gasteiger partial charge in [-0.1, -0.05) is 6.07 Å². The number of thiazole rings is 1. The minimum absolute atomic E-state index is 0.684. The highest BCUT2D eigenvalue weighted by Crippen LogP contribution is 2.29. The van der Waals surface area contributed by atoms with Gasteiger partial charge in [-0.05, 0) is 31.3 Å². The first-order valence-corrected chi connectivity index (χ1v) is 5.28. The number of benzene rings is 1. The van der Waals surface area contributed by atoms with Crippen molar-refractivity contribution in [2.24, 2.45) is 0 Å². The van der Waals surface area contributed by atoms with Gasteiger partial charge in [-0.2, -0.15) is 0 Å². The van der Waals surface area contributed by atoms with E-state index in [2.05, 4.69) is 4.98 Å². The number of fused-ring (bicyclic) bond motifs is 1. The summed E-state index contributed by atoms with van der Waals surface area (Å²) >= 11 is 6.62. The minimum atomic E-state index is 0.684. The van der Waals surface area contributed by atoms with Gasteiger partial charge in [0.25, 0.3) is 0 Å². The second kappa shape index (κ2) is 3.47. The number of ether oxygens (including phenoxy) is 1. The van der Waals surface area contributed by atoms with Crippen molar-refractivity contribution in [2.45, 2.75) is 6.92 Å². The summed E-state index contributed by atoms with van der Waals surface area (Å²) in [5, 5.41) is 0. The Hall–Kier alpha value is -0.870. The zero-order chi connectivity index (χ0) is 9.26. The van der Waals surface area contributed by atoms with E-state index in [4.69, 9.17) is 17.0 Å². The fourth-order valence-electron chi connectivity index (χ4n) is 1.22. The molecule has 0 aliphatic heterocycles. The van der Waals surface area contributed by atoms with Crippen molar-refractivity contribution in [1.29, 1.82) is 0 Å². The molecule has 1 N–H and O–H groups in total. The van der Waals surface area contributed by atoms with Crippen LogP contribution >= 0.6 is 23.6 Å². The highest BCUT2D eigenvalue weighted by Gasteiger charge is 2.02. The van der Waals surface area contributed by atoms with Crippen LogP contribution in [0.4, 0.5) is 0 Å². The van der Waals surface area contributed by atoms with Gasteiger partial charge in [-0.15, -0.1) is 11.3 Å². The summed E-state index contributed by atoms with van der Waals surface area (Å²) in [6.45, 7) is 2.66. The first kappa shape index (κ1) is 8.72. The molecule has 0 spiro atoms. The van der Waals surface area contributed by atoms with Crippen LogP contribution in [0.15, 0.2) is 18.2 Å². The summed E-state index contributed by atoms with van der Waals surface area (Å²) in [5.74, 6) is 0.914. The molecule has 0 saturated carbocycles. The molecule has 0 saturated heterocycles. The van der Waals surface area contributed by atoms with Gasteiger partial charge in [-0.25, -0.2) is 0 Å². The van der Waals surface area contributed by atoms with E-state index in [0.29, 0.717) is 6.61 Å². The lowest BCUT2D eigenvalue weighted by Crippen LogP contribution is -1.90. The molecule has 0 unspecified atom stereocenters. The normalized spacial score (nSPS) is 10.5. The van der Waals surface area contributed by atoms with Crippen LogP contribution in [0.2, 0.25) is 0 Å². The Kier molecular flexibility index (Phi) is 2.33. The van der Waals surface area contributed by atoms with Crippen LogP contribution in [0.3, 0.4) is 0 Å². The van der Waals surface area contributed by atoms with Crippen LogP contribution in [0.1, 0.15) is 6.92 Å². The molecular formula is C9H9NOS2. The number of aromatic nitrogens is 1. The highest BCUT2D eigenvalue weighted by atomic mass is 32.1. The third kappa shape index (κ3) is 1.59. The smallest absolute Gasteiger partial charge is 0.159 e. The van der Waals surface area contributed by atoms with Crippen molar-refractivity contribution in [3.8, 4) is 5.75 Å². The standard InChI is InChI=1S/C9H9NOS2/c1-2-11-7-5-3-4-6-8(7)13-9(12)10-6/h3-5H,2H2,1H3,(H,10,12). The van der Waals surface area contributed by atoms with Gasteiger partial charge >= 0.3 is 0 Å². The van der Waals surface area contributed by atoms with Crippen LogP contribution in [0.25, 0.3) is 10.2 Å². The average Bonchev–Trinajstić information content (AvgIpc) is 2.47. The van der Waals surface area contributed by atoms with Crippen molar-refractivity contribution < 1.29 is 4.74 Å². The van der Waals surface area contributed by atoms with Crippen molar-refractivity contribution in [2.75, 3.05) is 6.61 Å². The fraction of sp³-hybridized carbons (Fsp3) is 0.222. The van der Waals surface area contributed by atoms with Crippen LogP contribution in [-0.2, 0) is 0 Å². The van der Waals surface area contributed by atoms with Crippen molar-refractivity contribution in [3.05, 3.63) is 22.2 Å². The number of hydrogen-bond acceptors (Lipinski definition) is 3. The van der Waals surface area contributed by atoms with E-state index < -0.39 is 0 Å². The summed E-state index contributed by atoms with van der Waals surface area (Å²) in [4.78, 5) is 3.11. The van der Waals surface area contributed by atoms with Crippen LogP contribution in [-0.4, -0.2) is 11.6 Å². The van der Waals surface area contributed by atoms with E-state index in [1.165, 1.54) is 0 Å². The molecule has 0 amide bonds. The molecule has 1 aromatic heterocycles. The largest absolute Gasteiger partial charge is 0.492 e. The molecule has 13 heavy (non-hydrogen) atoms. The monoisotopic (exact) mass is 211 g/mol. The Morgan fingerprint density at radius 2 is 2.38 bits per heavy atom. The number of rotatable bonds is 2. The Balaban J connectivity index is 2.67. The van der Waals surface area contributed by atoms with Crippen LogP contribution in [0.5, 0.6) is 5.75 Å². The van der Waals surface area contributed by atoms with Crippen molar-refractivity contribution >= 4 is 33.8 Å². The molecule has 1 heterocycles. The Bertz CT molecular complexity index is 472. The topological polar surface area (TPSA) is 25.0 Å². The lowest BCUT2D eigenvalue weighted by Gasteiger charge is -2.02. The quantitative estimate of drug-likeness (QED) is 0.770. The molecule has 4 heteroatoms. The van der Waals surface area contributed by atoms with Gasteiger partial charge in [0.1, 0.15) is 5.75 Å². The van der Waals surface area contributed by atoms with E-state index in [0.717, 1.165) is 19.9 Å². The predicted octanol–water partition coefficient (Wildman–Crippen LogP) is 3.36. The van der Waals surface area contributed by atoms with Gasteiger partial charge < -0.3 is 9.72 Å². The third-order valence-electron chi connectivity index (χ3n) is 1.71. The van der Waals surface area contributed by atoms with E-state index >= 15 is 0 Å². The van der Waals surface area contributed by atoms with E-state index in [1.54, 1.807) is 11.3 Å². The van der Waals surface area contributed by atoms with Gasteiger partial charge in [0.05, 0.1) is 16.8 Å². The van der Waals surface area contributed by atoms with Gasteiger partial charge in [0.15, 0.2) is 3.95 Å². The second-order valence-corrected chi connectivity index (χ2v) is 4.27. The molecule has 2 rings (SSSR count). The molecular weight excluding hydrogens is 202 g/mol. The van der Waals surface area contributed by atoms with Gasteiger partial charge in [0.2, 0.25) is 0 Å². The molecule has 0 aliphatic carbocycles. The number of hydrogen-bond donors (Lipinski definition) is 1. The summed E-state index contributed by atoms with van der Waals surface area (Å²) in [5.41, 5.74) is 1.06. The van der Waals surface area contributed by atoms with E-state index in [1.807, 2.05) is 25.1 Å². The highest BCUT2D eigenvalue weighted by molar-refractivity contribution is 7.73. The minimum Gasteiger partial charge on any atom is -0.492 e. The van der Waals surface area contributed by atoms with E-state index in [9.17, 15) is 0 Å². The molecule has 0 radical (unpaired) electrons. The van der Waals surface area contributed by atoms with Gasteiger partial charge in [0, 0.05) is 0 Å². The lowest BCUT2D eigenvalue weighted by atomic mass is 10.3. The Morgan fingerprint density at radius 1 is 1.54 bits per heavy atom. The zero-order valence-corrected chi connectivity index (χ0v) is 8.80. The molecule has 2 aromatic rings. The Labute approximate surface area is 85.2 Å².